The largest absolute Gasteiger partial charge is 0.477 e. The first-order valence-corrected chi connectivity index (χ1v) is 12.5. The molecule has 164 valence electrons. The van der Waals surface area contributed by atoms with Crippen molar-refractivity contribution in [3.8, 4) is 0 Å². The molecular formula is C24H34N2O3S. The van der Waals surface area contributed by atoms with Crippen molar-refractivity contribution in [2.45, 2.75) is 77.2 Å². The number of anilines is 1. The Morgan fingerprint density at radius 1 is 1.10 bits per heavy atom. The van der Waals surface area contributed by atoms with Crippen LogP contribution in [-0.2, 0) is 4.79 Å². The molecule has 30 heavy (non-hydrogen) atoms. The minimum Gasteiger partial charge on any atom is -0.477 e. The molecule has 2 fully saturated rings. The van der Waals surface area contributed by atoms with Crippen LogP contribution in [0.15, 0.2) is 12.1 Å². The second-order valence-corrected chi connectivity index (χ2v) is 10.3. The Kier molecular flexibility index (Phi) is 6.94. The summed E-state index contributed by atoms with van der Waals surface area (Å²) in [6.45, 7) is 4.01. The number of carboxylic acids is 1. The summed E-state index contributed by atoms with van der Waals surface area (Å²) in [4.78, 5) is 29.2. The van der Waals surface area contributed by atoms with E-state index in [1.165, 1.54) is 23.3 Å². The van der Waals surface area contributed by atoms with Crippen molar-refractivity contribution >= 4 is 34.5 Å². The number of hydrogen-bond acceptors (Lipinski definition) is 4. The Morgan fingerprint density at radius 3 is 2.47 bits per heavy atom. The lowest BCUT2D eigenvalue weighted by atomic mass is 9.82. The molecule has 2 aliphatic carbocycles. The molecule has 5 nitrogen and oxygen atoms in total. The van der Waals surface area contributed by atoms with Crippen LogP contribution in [-0.4, -0.2) is 36.1 Å². The maximum absolute atomic E-state index is 13.8. The number of carboxylic acid groups (broad SMARTS) is 1. The Morgan fingerprint density at radius 2 is 1.83 bits per heavy atom. The van der Waals surface area contributed by atoms with Crippen LogP contribution in [0.5, 0.6) is 0 Å². The molecule has 1 aromatic rings. The smallest absolute Gasteiger partial charge is 0.348 e. The third kappa shape index (κ3) is 4.65. The first kappa shape index (κ1) is 21.6. The summed E-state index contributed by atoms with van der Waals surface area (Å²) in [7, 11) is 0. The van der Waals surface area contributed by atoms with Crippen LogP contribution >= 0.6 is 11.3 Å². The second-order valence-electron chi connectivity index (χ2n) is 9.25. The SMILES string of the molecule is C[C@H]1CC[C@H](C(=O)N(c2cc(C3=CCCCC3)sc2C(=O)O)C2CCNCC2)CC1. The predicted molar refractivity (Wildman–Crippen MR) is 122 cm³/mol. The van der Waals surface area contributed by atoms with E-state index in [9.17, 15) is 14.7 Å². The molecule has 1 amide bonds. The van der Waals surface area contributed by atoms with Gasteiger partial charge in [0.25, 0.3) is 0 Å². The number of hydrogen-bond donors (Lipinski definition) is 2. The normalized spacial score (nSPS) is 25.6. The average molecular weight is 431 g/mol. The number of carbonyl (C=O) groups is 2. The van der Waals surface area contributed by atoms with E-state index in [0.29, 0.717) is 16.5 Å². The second kappa shape index (κ2) is 9.65. The van der Waals surface area contributed by atoms with Gasteiger partial charge < -0.3 is 15.3 Å². The van der Waals surface area contributed by atoms with Gasteiger partial charge in [0.05, 0.1) is 5.69 Å². The van der Waals surface area contributed by atoms with Crippen LogP contribution in [0.3, 0.4) is 0 Å². The Hall–Kier alpha value is -1.66. The van der Waals surface area contributed by atoms with Crippen molar-refractivity contribution in [1.82, 2.24) is 5.32 Å². The van der Waals surface area contributed by atoms with Gasteiger partial charge in [0.1, 0.15) is 4.88 Å². The lowest BCUT2D eigenvalue weighted by Gasteiger charge is -2.38. The zero-order valence-corrected chi connectivity index (χ0v) is 18.8. The molecule has 4 rings (SSSR count). The van der Waals surface area contributed by atoms with Crippen molar-refractivity contribution in [3.63, 3.8) is 0 Å². The van der Waals surface area contributed by atoms with Gasteiger partial charge in [0.2, 0.25) is 5.91 Å². The topological polar surface area (TPSA) is 69.6 Å². The van der Waals surface area contributed by atoms with Gasteiger partial charge in [-0.25, -0.2) is 4.79 Å². The molecule has 0 bridgehead atoms. The van der Waals surface area contributed by atoms with Crippen molar-refractivity contribution in [3.05, 3.63) is 21.9 Å². The Labute approximate surface area is 183 Å². The number of aromatic carboxylic acids is 1. The summed E-state index contributed by atoms with van der Waals surface area (Å²) < 4.78 is 0. The fourth-order valence-electron chi connectivity index (χ4n) is 5.20. The first-order valence-electron chi connectivity index (χ1n) is 11.6. The van der Waals surface area contributed by atoms with Crippen molar-refractivity contribution in [1.29, 1.82) is 0 Å². The molecule has 6 heteroatoms. The molecule has 2 N–H and O–H groups in total. The molecule has 0 atom stereocenters. The van der Waals surface area contributed by atoms with Gasteiger partial charge in [0.15, 0.2) is 0 Å². The van der Waals surface area contributed by atoms with Crippen molar-refractivity contribution in [2.75, 3.05) is 18.0 Å². The quantitative estimate of drug-likeness (QED) is 0.664. The summed E-state index contributed by atoms with van der Waals surface area (Å²) in [6, 6.07) is 2.09. The fourth-order valence-corrected chi connectivity index (χ4v) is 6.25. The van der Waals surface area contributed by atoms with Crippen LogP contribution < -0.4 is 10.2 Å². The standard InChI is InChI=1S/C24H34N2O3S/c1-16-7-9-18(10-8-16)23(27)26(19-11-13-25-14-12-19)20-15-21(30-22(20)24(28)29)17-5-3-2-4-6-17/h5,15-16,18-19,25H,2-4,6-14H2,1H3,(H,28,29)/t16-,18-. The zero-order chi connectivity index (χ0) is 21.1. The highest BCUT2D eigenvalue weighted by Gasteiger charge is 2.36. The maximum Gasteiger partial charge on any atom is 0.348 e. The average Bonchev–Trinajstić information content (AvgIpc) is 3.21. The lowest BCUT2D eigenvalue weighted by molar-refractivity contribution is -0.124. The monoisotopic (exact) mass is 430 g/mol. The summed E-state index contributed by atoms with van der Waals surface area (Å²) >= 11 is 1.35. The van der Waals surface area contributed by atoms with Gasteiger partial charge in [-0.2, -0.15) is 0 Å². The molecule has 1 saturated heterocycles. The van der Waals surface area contributed by atoms with E-state index in [4.69, 9.17) is 0 Å². The highest BCUT2D eigenvalue weighted by atomic mass is 32.1. The minimum absolute atomic E-state index is 0.0231. The molecular weight excluding hydrogens is 396 g/mol. The summed E-state index contributed by atoms with van der Waals surface area (Å²) in [5.41, 5.74) is 1.90. The van der Waals surface area contributed by atoms with Crippen LogP contribution in [0.4, 0.5) is 5.69 Å². The maximum atomic E-state index is 13.8. The molecule has 0 radical (unpaired) electrons. The fraction of sp³-hybridized carbons (Fsp3) is 0.667. The van der Waals surface area contributed by atoms with Crippen LogP contribution in [0.2, 0.25) is 0 Å². The van der Waals surface area contributed by atoms with E-state index in [-0.39, 0.29) is 17.9 Å². The number of nitrogens with zero attached hydrogens (tertiary/aromatic N) is 1. The van der Waals surface area contributed by atoms with Gasteiger partial charge in [-0.15, -0.1) is 11.3 Å². The van der Waals surface area contributed by atoms with E-state index in [1.54, 1.807) is 0 Å². The highest BCUT2D eigenvalue weighted by molar-refractivity contribution is 7.15. The van der Waals surface area contributed by atoms with E-state index in [1.807, 2.05) is 11.0 Å². The van der Waals surface area contributed by atoms with Gasteiger partial charge in [-0.1, -0.05) is 13.0 Å². The van der Waals surface area contributed by atoms with Crippen LogP contribution in [0, 0.1) is 11.8 Å². The Bertz CT molecular complexity index is 801. The molecule has 1 aromatic heterocycles. The summed E-state index contributed by atoms with van der Waals surface area (Å²) in [5.74, 6) is -0.0585. The van der Waals surface area contributed by atoms with E-state index >= 15 is 0 Å². The van der Waals surface area contributed by atoms with Gasteiger partial charge in [-0.05, 0) is 94.9 Å². The summed E-state index contributed by atoms with van der Waals surface area (Å²) in [5, 5.41) is 13.4. The van der Waals surface area contributed by atoms with Gasteiger partial charge in [0, 0.05) is 16.8 Å². The summed E-state index contributed by atoms with van der Waals surface area (Å²) in [6.07, 6.45) is 12.4. The first-order chi connectivity index (χ1) is 14.5. The van der Waals surface area contributed by atoms with Gasteiger partial charge >= 0.3 is 5.97 Å². The molecule has 2 heterocycles. The third-order valence-electron chi connectivity index (χ3n) is 7.05. The number of amides is 1. The minimum atomic E-state index is -0.915. The molecule has 1 saturated carbocycles. The lowest BCUT2D eigenvalue weighted by Crippen LogP contribution is -2.49. The van der Waals surface area contributed by atoms with Crippen LogP contribution in [0.25, 0.3) is 5.57 Å². The van der Waals surface area contributed by atoms with Gasteiger partial charge in [-0.3, -0.25) is 4.79 Å². The molecule has 0 spiro atoms. The zero-order valence-electron chi connectivity index (χ0n) is 18.0. The number of piperidine rings is 1. The number of rotatable bonds is 5. The highest BCUT2D eigenvalue weighted by Crippen LogP contribution is 2.41. The van der Waals surface area contributed by atoms with E-state index in [2.05, 4.69) is 18.3 Å². The van der Waals surface area contributed by atoms with E-state index < -0.39 is 5.97 Å². The van der Waals surface area contributed by atoms with Crippen LogP contribution in [0.1, 0.15) is 85.7 Å². The Balaban J connectivity index is 1.70. The predicted octanol–water partition coefficient (Wildman–Crippen LogP) is 5.32. The number of allylic oxidation sites excluding steroid dienone is 2. The molecule has 3 aliphatic rings. The molecule has 0 aromatic carbocycles. The van der Waals surface area contributed by atoms with Crippen molar-refractivity contribution in [2.24, 2.45) is 11.8 Å². The third-order valence-corrected chi connectivity index (χ3v) is 8.24. The molecule has 0 unspecified atom stereocenters. The number of thiophene rings is 1. The van der Waals surface area contributed by atoms with E-state index in [0.717, 1.165) is 75.8 Å². The number of carbonyl (C=O) groups excluding carboxylic acids is 1. The van der Waals surface area contributed by atoms with Crippen molar-refractivity contribution < 1.29 is 14.7 Å². The number of nitrogens with one attached hydrogen (secondary N) is 1. The molecule has 1 aliphatic heterocycles.